The van der Waals surface area contributed by atoms with Crippen molar-refractivity contribution in [1.29, 1.82) is 0 Å². The van der Waals surface area contributed by atoms with E-state index in [-0.39, 0.29) is 25.7 Å². The molecule has 0 saturated heterocycles. The highest BCUT2D eigenvalue weighted by atomic mass is 31.2. The summed E-state index contributed by atoms with van der Waals surface area (Å²) in [6, 6.07) is 0. The van der Waals surface area contributed by atoms with Crippen LogP contribution in [-0.4, -0.2) is 96.7 Å². The lowest BCUT2D eigenvalue weighted by molar-refractivity contribution is -0.161. The van der Waals surface area contributed by atoms with E-state index in [0.29, 0.717) is 25.7 Å². The van der Waals surface area contributed by atoms with Gasteiger partial charge in [-0.05, 0) is 83.5 Å². The molecule has 0 aromatic carbocycles. The van der Waals surface area contributed by atoms with Crippen LogP contribution in [0.2, 0.25) is 0 Å². The number of ether oxygens (including phenoxy) is 4. The van der Waals surface area contributed by atoms with Crippen LogP contribution in [0.3, 0.4) is 0 Å². The van der Waals surface area contributed by atoms with Crippen molar-refractivity contribution in [3.63, 3.8) is 0 Å². The Kier molecular flexibility index (Phi) is 72.1. The van der Waals surface area contributed by atoms with Crippen LogP contribution in [0.5, 0.6) is 0 Å². The molecule has 0 amide bonds. The van der Waals surface area contributed by atoms with E-state index in [1.807, 2.05) is 0 Å². The number of hydrogen-bond acceptors (Lipinski definition) is 15. The summed E-state index contributed by atoms with van der Waals surface area (Å²) in [7, 11) is -9.94. The molecule has 0 saturated carbocycles. The van der Waals surface area contributed by atoms with Crippen LogP contribution < -0.4 is 0 Å². The van der Waals surface area contributed by atoms with Crippen molar-refractivity contribution in [1.82, 2.24) is 0 Å². The number of carbonyl (C=O) groups is 4. The molecule has 0 heterocycles. The van der Waals surface area contributed by atoms with Gasteiger partial charge in [-0.3, -0.25) is 37.3 Å². The van der Waals surface area contributed by atoms with Gasteiger partial charge in [-0.1, -0.05) is 327 Å². The molecule has 5 unspecified atom stereocenters. The lowest BCUT2D eigenvalue weighted by Crippen LogP contribution is -2.30. The number of hydrogen-bond donors (Lipinski definition) is 3. The Balaban J connectivity index is 5.28. The molecule has 3 N–H and O–H groups in total. The first-order chi connectivity index (χ1) is 48.7. The van der Waals surface area contributed by atoms with Crippen molar-refractivity contribution >= 4 is 39.5 Å². The lowest BCUT2D eigenvalue weighted by Gasteiger charge is -2.21. The van der Waals surface area contributed by atoms with E-state index in [1.54, 1.807) is 0 Å². The predicted molar refractivity (Wildman–Crippen MR) is 409 cm³/mol. The van der Waals surface area contributed by atoms with Gasteiger partial charge in [-0.25, -0.2) is 9.13 Å². The molecule has 0 radical (unpaired) electrons. The number of phosphoric acid groups is 2. The molecular weight excluding hydrogens is 1310 g/mol. The van der Waals surface area contributed by atoms with Gasteiger partial charge < -0.3 is 33.8 Å². The van der Waals surface area contributed by atoms with Crippen LogP contribution in [0.4, 0.5) is 0 Å². The first-order valence-corrected chi connectivity index (χ1v) is 43.9. The summed E-state index contributed by atoms with van der Waals surface area (Å²) >= 11 is 0. The van der Waals surface area contributed by atoms with Gasteiger partial charge in [0.05, 0.1) is 26.4 Å². The van der Waals surface area contributed by atoms with Gasteiger partial charge in [0.2, 0.25) is 0 Å². The average Bonchev–Trinajstić information content (AvgIpc) is 2.75. The molecule has 0 spiro atoms. The van der Waals surface area contributed by atoms with Crippen molar-refractivity contribution in [3.8, 4) is 0 Å². The number of unbranched alkanes of at least 4 members (excludes halogenated alkanes) is 44. The van der Waals surface area contributed by atoms with Crippen molar-refractivity contribution in [2.24, 2.45) is 0 Å². The molecule has 0 aliphatic heterocycles. The largest absolute Gasteiger partial charge is 0.472 e. The van der Waals surface area contributed by atoms with Crippen molar-refractivity contribution in [3.05, 3.63) is 48.6 Å². The van der Waals surface area contributed by atoms with Crippen LogP contribution in [0.25, 0.3) is 0 Å². The highest BCUT2D eigenvalue weighted by molar-refractivity contribution is 7.47. The molecule has 100 heavy (non-hydrogen) atoms. The van der Waals surface area contributed by atoms with Gasteiger partial charge in [0, 0.05) is 25.7 Å². The van der Waals surface area contributed by atoms with Gasteiger partial charge >= 0.3 is 39.5 Å². The third-order valence-electron chi connectivity index (χ3n) is 17.8. The number of phosphoric ester groups is 2. The molecule has 5 atom stereocenters. The second kappa shape index (κ2) is 74.3. The summed E-state index contributed by atoms with van der Waals surface area (Å²) in [5, 5.41) is 10.6. The van der Waals surface area contributed by atoms with Gasteiger partial charge in [0.25, 0.3) is 0 Å². The zero-order valence-corrected chi connectivity index (χ0v) is 65.9. The van der Waals surface area contributed by atoms with Gasteiger partial charge in [0.1, 0.15) is 19.3 Å². The molecule has 0 aliphatic carbocycles. The minimum absolute atomic E-state index is 0.0911. The second-order valence-electron chi connectivity index (χ2n) is 27.7. The highest BCUT2D eigenvalue weighted by Gasteiger charge is 2.30. The van der Waals surface area contributed by atoms with Crippen molar-refractivity contribution < 1.29 is 80.2 Å². The smallest absolute Gasteiger partial charge is 0.462 e. The minimum atomic E-state index is -4.97. The number of esters is 4. The standard InChI is InChI=1S/C81H150O17P2/c1-5-9-13-17-21-25-29-32-35-36-37-38-41-43-47-50-54-58-62-66-79(84)92-72-77(98-81(86)68-64-60-56-52-48-44-40-34-31-27-23-19-15-11-7-3)74-96-100(89,90)94-70-75(82)69-93-99(87,88)95-73-76(97-80(85)67-63-59-55-51-45-28-24-20-16-12-8-4)71-91-78(83)65-61-57-53-49-46-42-39-33-30-26-22-18-14-10-6-2/h20-21,24-25,32,35,37-38,75-77,82H,5-19,22-23,26-31,33-34,36,39-74H2,1-4H3,(H,87,88)(H,89,90)/b24-20-,25-21-,35-32-,38-37-. The van der Waals surface area contributed by atoms with Crippen molar-refractivity contribution in [2.45, 2.75) is 406 Å². The predicted octanol–water partition coefficient (Wildman–Crippen LogP) is 23.7. The normalized spacial score (nSPS) is 14.1. The third kappa shape index (κ3) is 73.3. The van der Waals surface area contributed by atoms with Gasteiger partial charge in [-0.2, -0.15) is 0 Å². The van der Waals surface area contributed by atoms with E-state index in [2.05, 4.69) is 76.3 Å². The Bertz CT molecular complexity index is 2080. The molecule has 0 rings (SSSR count). The van der Waals surface area contributed by atoms with E-state index < -0.39 is 97.5 Å². The fourth-order valence-electron chi connectivity index (χ4n) is 11.5. The first kappa shape index (κ1) is 97.0. The summed E-state index contributed by atoms with van der Waals surface area (Å²) in [5.41, 5.74) is 0. The Labute approximate surface area is 610 Å². The molecule has 0 bridgehead atoms. The Morgan fingerprint density at radius 3 is 0.810 bits per heavy atom. The molecule has 0 fully saturated rings. The van der Waals surface area contributed by atoms with E-state index in [9.17, 15) is 43.2 Å². The molecule has 586 valence electrons. The Morgan fingerprint density at radius 1 is 0.280 bits per heavy atom. The molecule has 0 aromatic rings. The van der Waals surface area contributed by atoms with Crippen molar-refractivity contribution in [2.75, 3.05) is 39.6 Å². The number of aliphatic hydroxyl groups excluding tert-OH is 1. The number of carbonyl (C=O) groups excluding carboxylic acids is 4. The van der Waals surface area contributed by atoms with E-state index in [4.69, 9.17) is 37.0 Å². The maximum absolute atomic E-state index is 13.1. The van der Waals surface area contributed by atoms with Crippen LogP contribution >= 0.6 is 15.6 Å². The molecule has 0 aromatic heterocycles. The van der Waals surface area contributed by atoms with E-state index in [1.165, 1.54) is 167 Å². The summed E-state index contributed by atoms with van der Waals surface area (Å²) in [4.78, 5) is 73.0. The quantitative estimate of drug-likeness (QED) is 0.0169. The monoisotopic (exact) mass is 1460 g/mol. The topological polar surface area (TPSA) is 237 Å². The molecular formula is C81H150O17P2. The minimum Gasteiger partial charge on any atom is -0.462 e. The SMILES string of the molecule is CCCC/C=C\CCCCCCCC(=O)OC(COC(=O)CCCCCCCCCCCCCCCCC)COP(=O)(O)OCC(O)COP(=O)(O)OCC(COC(=O)CCCCCCCC/C=C\C/C=C\C/C=C\CCCCC)OC(=O)CCCCCCCCCCCCCCCCC. The Morgan fingerprint density at radius 2 is 0.500 bits per heavy atom. The average molecular weight is 1460 g/mol. The third-order valence-corrected chi connectivity index (χ3v) is 19.7. The van der Waals surface area contributed by atoms with Gasteiger partial charge in [0.15, 0.2) is 12.2 Å². The number of allylic oxidation sites excluding steroid dienone is 8. The van der Waals surface area contributed by atoms with Gasteiger partial charge in [-0.15, -0.1) is 0 Å². The zero-order valence-electron chi connectivity index (χ0n) is 64.1. The lowest BCUT2D eigenvalue weighted by atomic mass is 10.0. The first-order valence-electron chi connectivity index (χ1n) is 40.9. The highest BCUT2D eigenvalue weighted by Crippen LogP contribution is 2.45. The maximum Gasteiger partial charge on any atom is 0.472 e. The molecule has 19 heteroatoms. The maximum atomic E-state index is 13.1. The van der Waals surface area contributed by atoms with Crippen LogP contribution in [-0.2, 0) is 65.4 Å². The van der Waals surface area contributed by atoms with E-state index >= 15 is 0 Å². The fraction of sp³-hybridized carbons (Fsp3) is 0.852. The summed E-state index contributed by atoms with van der Waals surface area (Å²) in [6.45, 7) is 4.88. The zero-order chi connectivity index (χ0) is 73.2. The molecule has 17 nitrogen and oxygen atoms in total. The Hall–Kier alpha value is -2.98. The summed E-state index contributed by atoms with van der Waals surface area (Å²) < 4.78 is 68.6. The van der Waals surface area contributed by atoms with Crippen LogP contribution in [0.15, 0.2) is 48.6 Å². The fourth-order valence-corrected chi connectivity index (χ4v) is 13.1. The summed E-state index contributed by atoms with van der Waals surface area (Å²) in [6.07, 6.45) is 72.3. The molecule has 0 aliphatic rings. The van der Waals surface area contributed by atoms with Crippen LogP contribution in [0.1, 0.15) is 387 Å². The van der Waals surface area contributed by atoms with E-state index in [0.717, 1.165) is 141 Å². The van der Waals surface area contributed by atoms with Crippen LogP contribution in [0, 0.1) is 0 Å². The number of aliphatic hydroxyl groups is 1. The second-order valence-corrected chi connectivity index (χ2v) is 30.6. The summed E-state index contributed by atoms with van der Waals surface area (Å²) in [5.74, 6) is -2.15. The number of rotatable bonds is 78.